The zero-order chi connectivity index (χ0) is 20.3. The molecule has 1 atom stereocenters. The highest BCUT2D eigenvalue weighted by atomic mass is 16.2. The van der Waals surface area contributed by atoms with E-state index in [-0.39, 0.29) is 0 Å². The van der Waals surface area contributed by atoms with Crippen LogP contribution in [0, 0.1) is 5.41 Å². The number of amides is 2. The van der Waals surface area contributed by atoms with Gasteiger partial charge in [0.15, 0.2) is 5.69 Å². The zero-order valence-corrected chi connectivity index (χ0v) is 16.5. The van der Waals surface area contributed by atoms with Crippen LogP contribution in [0.25, 0.3) is 10.9 Å². The van der Waals surface area contributed by atoms with E-state index in [0.29, 0.717) is 12.2 Å². The van der Waals surface area contributed by atoms with Gasteiger partial charge in [0.1, 0.15) is 6.04 Å². The van der Waals surface area contributed by atoms with Crippen LogP contribution in [0.15, 0.2) is 54.6 Å². The van der Waals surface area contributed by atoms with Crippen molar-refractivity contribution in [2.75, 3.05) is 0 Å². The van der Waals surface area contributed by atoms with E-state index in [0.717, 1.165) is 17.3 Å². The first-order valence-electron chi connectivity index (χ1n) is 9.37. The molecule has 0 unspecified atom stereocenters. The highest BCUT2D eigenvalue weighted by Gasteiger charge is 2.32. The molecule has 0 saturated heterocycles. The van der Waals surface area contributed by atoms with Gasteiger partial charge in [-0.1, -0.05) is 69.3 Å². The van der Waals surface area contributed by atoms with Crippen LogP contribution in [0.3, 0.4) is 0 Å². The second kappa shape index (κ2) is 7.84. The maximum atomic E-state index is 12.9. The van der Waals surface area contributed by atoms with Gasteiger partial charge in [0.25, 0.3) is 5.91 Å². The lowest BCUT2D eigenvalue weighted by atomic mass is 9.86. The fourth-order valence-corrected chi connectivity index (χ4v) is 3.26. The molecular weight excluding hydrogens is 352 g/mol. The predicted octanol–water partition coefficient (Wildman–Crippen LogP) is 2.91. The molecule has 0 radical (unpaired) electrons. The van der Waals surface area contributed by atoms with Crippen LogP contribution in [0.4, 0.5) is 0 Å². The Morgan fingerprint density at radius 2 is 1.71 bits per heavy atom. The first-order chi connectivity index (χ1) is 13.3. The maximum absolute atomic E-state index is 12.9. The fraction of sp³-hybridized carbons (Fsp3) is 0.318. The first kappa shape index (κ1) is 19.6. The Hall–Kier alpha value is -3.15. The Kier molecular flexibility index (Phi) is 5.49. The highest BCUT2D eigenvalue weighted by molar-refractivity contribution is 6.06. The van der Waals surface area contributed by atoms with Crippen molar-refractivity contribution < 1.29 is 9.59 Å². The summed E-state index contributed by atoms with van der Waals surface area (Å²) in [5.74, 6) is -0.956. The second-order valence-electron chi connectivity index (χ2n) is 8.00. The molecule has 0 fully saturated rings. The first-order valence-corrected chi connectivity index (χ1v) is 9.37. The van der Waals surface area contributed by atoms with Crippen molar-refractivity contribution in [1.29, 1.82) is 0 Å². The average molecular weight is 378 g/mol. The monoisotopic (exact) mass is 378 g/mol. The molecule has 1 heterocycles. The number of rotatable bonds is 6. The standard InChI is InChI=1S/C22H26N4O2/c1-22(2,3)19(20(23)27)24-21(28)18-16-11-7-8-12-17(16)26(25-18)14-13-15-9-5-4-6-10-15/h4-12,19H,13-14H2,1-3H3,(H2,23,27)(H,24,28)/t19-/m1/s1. The average Bonchev–Trinajstić information content (AvgIpc) is 3.03. The van der Waals surface area contributed by atoms with Crippen molar-refractivity contribution in [2.45, 2.75) is 39.8 Å². The van der Waals surface area contributed by atoms with E-state index in [2.05, 4.69) is 22.5 Å². The SMILES string of the molecule is CC(C)(C)[C@H](NC(=O)c1nn(CCc2ccccc2)c2ccccc12)C(N)=O. The summed E-state index contributed by atoms with van der Waals surface area (Å²) in [5.41, 5.74) is 7.40. The van der Waals surface area contributed by atoms with Gasteiger partial charge in [0, 0.05) is 11.9 Å². The zero-order valence-electron chi connectivity index (χ0n) is 16.5. The molecular formula is C22H26N4O2. The van der Waals surface area contributed by atoms with Crippen molar-refractivity contribution in [2.24, 2.45) is 11.1 Å². The summed E-state index contributed by atoms with van der Waals surface area (Å²) >= 11 is 0. The molecule has 146 valence electrons. The van der Waals surface area contributed by atoms with Crippen LogP contribution >= 0.6 is 0 Å². The molecule has 3 N–H and O–H groups in total. The number of hydrogen-bond acceptors (Lipinski definition) is 3. The fourth-order valence-electron chi connectivity index (χ4n) is 3.26. The molecule has 3 aromatic rings. The third-order valence-corrected chi connectivity index (χ3v) is 4.75. The number of fused-ring (bicyclic) bond motifs is 1. The topological polar surface area (TPSA) is 90.0 Å². The lowest BCUT2D eigenvalue weighted by Crippen LogP contribution is -2.52. The van der Waals surface area contributed by atoms with Gasteiger partial charge in [-0.15, -0.1) is 0 Å². The summed E-state index contributed by atoms with van der Waals surface area (Å²) in [7, 11) is 0. The molecule has 6 nitrogen and oxygen atoms in total. The van der Waals surface area contributed by atoms with E-state index in [9.17, 15) is 9.59 Å². The van der Waals surface area contributed by atoms with Crippen LogP contribution < -0.4 is 11.1 Å². The minimum Gasteiger partial charge on any atom is -0.368 e. The lowest BCUT2D eigenvalue weighted by Gasteiger charge is -2.28. The Morgan fingerprint density at radius 1 is 1.07 bits per heavy atom. The molecule has 0 spiro atoms. The van der Waals surface area contributed by atoms with E-state index >= 15 is 0 Å². The van der Waals surface area contributed by atoms with E-state index in [1.165, 1.54) is 5.56 Å². The smallest absolute Gasteiger partial charge is 0.273 e. The molecule has 28 heavy (non-hydrogen) atoms. The molecule has 2 amide bonds. The van der Waals surface area contributed by atoms with Crippen LogP contribution in [0.1, 0.15) is 36.8 Å². The Labute approximate surface area is 164 Å². The number of hydrogen-bond donors (Lipinski definition) is 2. The maximum Gasteiger partial charge on any atom is 0.273 e. The van der Waals surface area contributed by atoms with Crippen LogP contribution in [0.2, 0.25) is 0 Å². The molecule has 0 aliphatic heterocycles. The highest BCUT2D eigenvalue weighted by Crippen LogP contribution is 2.22. The van der Waals surface area contributed by atoms with Crippen LogP contribution in [0.5, 0.6) is 0 Å². The number of carbonyl (C=O) groups excluding carboxylic acids is 2. The third kappa shape index (κ3) is 4.22. The van der Waals surface area contributed by atoms with Crippen molar-refractivity contribution in [3.05, 3.63) is 65.9 Å². The van der Waals surface area contributed by atoms with Gasteiger partial charge in [-0.2, -0.15) is 5.10 Å². The van der Waals surface area contributed by atoms with Crippen LogP contribution in [-0.4, -0.2) is 27.6 Å². The van der Waals surface area contributed by atoms with Gasteiger partial charge in [0.05, 0.1) is 5.52 Å². The number of aryl methyl sites for hydroxylation is 2. The number of benzene rings is 2. The number of nitrogens with two attached hydrogens (primary N) is 1. The number of para-hydroxylation sites is 1. The summed E-state index contributed by atoms with van der Waals surface area (Å²) in [6.07, 6.45) is 0.805. The molecule has 1 aromatic heterocycles. The normalized spacial score (nSPS) is 12.7. The van der Waals surface area contributed by atoms with E-state index in [1.807, 2.05) is 67.9 Å². The second-order valence-corrected chi connectivity index (χ2v) is 8.00. The van der Waals surface area contributed by atoms with Crippen molar-refractivity contribution in [3.63, 3.8) is 0 Å². The third-order valence-electron chi connectivity index (χ3n) is 4.75. The minimum atomic E-state index is -0.784. The van der Waals surface area contributed by atoms with E-state index < -0.39 is 23.3 Å². The van der Waals surface area contributed by atoms with Gasteiger partial charge in [-0.3, -0.25) is 14.3 Å². The van der Waals surface area contributed by atoms with Gasteiger partial charge in [-0.05, 0) is 23.5 Å². The summed E-state index contributed by atoms with van der Waals surface area (Å²) < 4.78 is 1.84. The predicted molar refractivity (Wildman–Crippen MR) is 110 cm³/mol. The molecule has 0 saturated carbocycles. The van der Waals surface area contributed by atoms with Crippen molar-refractivity contribution in [3.8, 4) is 0 Å². The Balaban J connectivity index is 1.89. The number of nitrogens with zero attached hydrogens (tertiary/aromatic N) is 2. The molecule has 6 heteroatoms. The van der Waals surface area contributed by atoms with Gasteiger partial charge in [-0.25, -0.2) is 0 Å². The van der Waals surface area contributed by atoms with E-state index in [4.69, 9.17) is 5.73 Å². The summed E-state index contributed by atoms with van der Waals surface area (Å²) in [6, 6.07) is 17.0. The molecule has 0 aliphatic carbocycles. The van der Waals surface area contributed by atoms with E-state index in [1.54, 1.807) is 0 Å². The summed E-state index contributed by atoms with van der Waals surface area (Å²) in [5, 5.41) is 8.07. The molecule has 0 aliphatic rings. The minimum absolute atomic E-state index is 0.305. The quantitative estimate of drug-likeness (QED) is 0.691. The molecule has 0 bridgehead atoms. The molecule has 2 aromatic carbocycles. The van der Waals surface area contributed by atoms with Gasteiger partial charge >= 0.3 is 0 Å². The number of primary amides is 1. The van der Waals surface area contributed by atoms with Gasteiger partial charge < -0.3 is 11.1 Å². The number of nitrogens with one attached hydrogen (secondary N) is 1. The molecule has 3 rings (SSSR count). The largest absolute Gasteiger partial charge is 0.368 e. The summed E-state index contributed by atoms with van der Waals surface area (Å²) in [6.45, 7) is 6.23. The number of aromatic nitrogens is 2. The van der Waals surface area contributed by atoms with Crippen LogP contribution in [-0.2, 0) is 17.8 Å². The van der Waals surface area contributed by atoms with Crippen molar-refractivity contribution >= 4 is 22.7 Å². The summed E-state index contributed by atoms with van der Waals surface area (Å²) in [4.78, 5) is 24.7. The Bertz CT molecular complexity index is 987. The van der Waals surface area contributed by atoms with Gasteiger partial charge in [0.2, 0.25) is 5.91 Å². The van der Waals surface area contributed by atoms with Crippen molar-refractivity contribution in [1.82, 2.24) is 15.1 Å². The lowest BCUT2D eigenvalue weighted by molar-refractivity contribution is -0.122. The number of carbonyl (C=O) groups is 2. The Morgan fingerprint density at radius 3 is 2.36 bits per heavy atom.